The Morgan fingerprint density at radius 1 is 1.19 bits per heavy atom. The van der Waals surface area contributed by atoms with Crippen LogP contribution in [0.2, 0.25) is 10.0 Å². The summed E-state index contributed by atoms with van der Waals surface area (Å²) in [6.45, 7) is 2.54. The fraction of sp³-hybridized carbons (Fsp3) is 0.222. The molecule has 136 valence electrons. The fourth-order valence-corrected chi connectivity index (χ4v) is 3.53. The number of anilines is 1. The zero-order valence-electron chi connectivity index (χ0n) is 13.9. The first-order valence-corrected chi connectivity index (χ1v) is 9.53. The van der Waals surface area contributed by atoms with Gasteiger partial charge in [-0.25, -0.2) is 4.98 Å². The van der Waals surface area contributed by atoms with Gasteiger partial charge in [0, 0.05) is 5.02 Å². The molecule has 0 fully saturated rings. The first kappa shape index (κ1) is 18.8. The summed E-state index contributed by atoms with van der Waals surface area (Å²) < 4.78 is 12.0. The highest BCUT2D eigenvalue weighted by atomic mass is 35.5. The molecule has 0 spiro atoms. The smallest absolute Gasteiger partial charge is 0.264 e. The number of benzene rings is 2. The second-order valence-electron chi connectivity index (χ2n) is 5.41. The number of ether oxygens (including phenoxy) is 2. The molecule has 1 amide bonds. The Morgan fingerprint density at radius 2 is 2.04 bits per heavy atom. The number of carbonyl (C=O) groups excluding carboxylic acids is 1. The van der Waals surface area contributed by atoms with Crippen molar-refractivity contribution in [1.82, 2.24) is 4.98 Å². The molecular weight excluding hydrogens is 395 g/mol. The second-order valence-corrected chi connectivity index (χ2v) is 7.28. The summed E-state index contributed by atoms with van der Waals surface area (Å²) in [4.78, 5) is 16.5. The van der Waals surface area contributed by atoms with E-state index >= 15 is 0 Å². The van der Waals surface area contributed by atoms with E-state index in [0.29, 0.717) is 27.5 Å². The van der Waals surface area contributed by atoms with E-state index in [1.54, 1.807) is 18.2 Å². The molecule has 3 rings (SSSR count). The molecule has 0 radical (unpaired) electrons. The van der Waals surface area contributed by atoms with Crippen LogP contribution in [0.4, 0.5) is 5.13 Å². The number of halogens is 2. The van der Waals surface area contributed by atoms with Gasteiger partial charge in [-0.1, -0.05) is 41.5 Å². The molecule has 0 aliphatic heterocycles. The highest BCUT2D eigenvalue weighted by Gasteiger charge is 2.11. The number of hydrogen-bond donors (Lipinski definition) is 1. The summed E-state index contributed by atoms with van der Waals surface area (Å²) in [5.74, 6) is 0.868. The number of fused-ring (bicyclic) bond motifs is 1. The lowest BCUT2D eigenvalue weighted by atomic mass is 10.3. The van der Waals surface area contributed by atoms with Crippen molar-refractivity contribution in [3.05, 3.63) is 46.4 Å². The zero-order valence-corrected chi connectivity index (χ0v) is 16.2. The average molecular weight is 411 g/mol. The van der Waals surface area contributed by atoms with Crippen LogP contribution < -0.4 is 14.8 Å². The van der Waals surface area contributed by atoms with Crippen LogP contribution in [0.3, 0.4) is 0 Å². The molecule has 1 N–H and O–H groups in total. The number of rotatable bonds is 7. The van der Waals surface area contributed by atoms with Gasteiger partial charge < -0.3 is 9.47 Å². The first-order chi connectivity index (χ1) is 12.5. The molecule has 0 atom stereocenters. The summed E-state index contributed by atoms with van der Waals surface area (Å²) >= 11 is 13.2. The van der Waals surface area contributed by atoms with Gasteiger partial charge in [0.25, 0.3) is 5.91 Å². The third-order valence-electron chi connectivity index (χ3n) is 3.33. The Hall–Kier alpha value is -2.02. The van der Waals surface area contributed by atoms with E-state index in [-0.39, 0.29) is 12.5 Å². The van der Waals surface area contributed by atoms with E-state index in [0.717, 1.165) is 22.4 Å². The summed E-state index contributed by atoms with van der Waals surface area (Å²) in [6.07, 6.45) is 0.944. The molecule has 0 aliphatic rings. The minimum absolute atomic E-state index is 0.178. The van der Waals surface area contributed by atoms with Gasteiger partial charge in [-0.3, -0.25) is 10.1 Å². The number of nitrogens with one attached hydrogen (secondary N) is 1. The van der Waals surface area contributed by atoms with Crippen molar-refractivity contribution in [3.63, 3.8) is 0 Å². The summed E-state index contributed by atoms with van der Waals surface area (Å²) in [5.41, 5.74) is 0.802. The predicted octanol–water partition coefficient (Wildman–Crippen LogP) is 5.41. The van der Waals surface area contributed by atoms with Gasteiger partial charge >= 0.3 is 0 Å². The molecule has 0 saturated carbocycles. The molecule has 3 aromatic rings. The van der Waals surface area contributed by atoms with E-state index < -0.39 is 0 Å². The van der Waals surface area contributed by atoms with Crippen molar-refractivity contribution in [1.29, 1.82) is 0 Å². The van der Waals surface area contributed by atoms with Gasteiger partial charge in [0.2, 0.25) is 0 Å². The predicted molar refractivity (Wildman–Crippen MR) is 106 cm³/mol. The molecule has 0 saturated heterocycles. The van der Waals surface area contributed by atoms with Crippen LogP contribution in [0.1, 0.15) is 13.3 Å². The third kappa shape index (κ3) is 4.78. The Labute approximate surface area is 164 Å². The summed E-state index contributed by atoms with van der Waals surface area (Å²) in [6, 6.07) is 10.5. The molecule has 5 nitrogen and oxygen atoms in total. The van der Waals surface area contributed by atoms with Crippen LogP contribution in [-0.4, -0.2) is 24.1 Å². The van der Waals surface area contributed by atoms with Crippen molar-refractivity contribution in [2.45, 2.75) is 13.3 Å². The van der Waals surface area contributed by atoms with Gasteiger partial charge in [-0.05, 0) is 42.8 Å². The maximum atomic E-state index is 12.1. The largest absolute Gasteiger partial charge is 0.494 e. The number of nitrogens with zero attached hydrogens (tertiary/aromatic N) is 1. The van der Waals surface area contributed by atoms with Gasteiger partial charge in [-0.15, -0.1) is 0 Å². The van der Waals surface area contributed by atoms with E-state index in [1.165, 1.54) is 11.3 Å². The van der Waals surface area contributed by atoms with Crippen LogP contribution in [0.25, 0.3) is 10.2 Å². The van der Waals surface area contributed by atoms with Crippen molar-refractivity contribution in [2.75, 3.05) is 18.5 Å². The highest BCUT2D eigenvalue weighted by Crippen LogP contribution is 2.30. The molecule has 1 aromatic heterocycles. The molecule has 26 heavy (non-hydrogen) atoms. The molecular formula is C18H16Cl2N2O3S. The summed E-state index contributed by atoms with van der Waals surface area (Å²) in [7, 11) is 0. The topological polar surface area (TPSA) is 60.5 Å². The molecule has 0 bridgehead atoms. The van der Waals surface area contributed by atoms with Crippen LogP contribution >= 0.6 is 34.5 Å². The normalized spacial score (nSPS) is 10.7. The maximum Gasteiger partial charge on any atom is 0.264 e. The Kier molecular flexibility index (Phi) is 6.19. The Balaban J connectivity index is 1.61. The fourth-order valence-electron chi connectivity index (χ4n) is 2.16. The van der Waals surface area contributed by atoms with E-state index in [2.05, 4.69) is 17.2 Å². The lowest BCUT2D eigenvalue weighted by Crippen LogP contribution is -2.20. The Morgan fingerprint density at radius 3 is 2.81 bits per heavy atom. The molecule has 0 aliphatic carbocycles. The molecule has 2 aromatic carbocycles. The van der Waals surface area contributed by atoms with Gasteiger partial charge in [0.05, 0.1) is 21.8 Å². The van der Waals surface area contributed by atoms with Crippen molar-refractivity contribution < 1.29 is 14.3 Å². The monoisotopic (exact) mass is 410 g/mol. The van der Waals surface area contributed by atoms with Crippen LogP contribution in [0.5, 0.6) is 11.5 Å². The van der Waals surface area contributed by atoms with Crippen molar-refractivity contribution in [2.24, 2.45) is 0 Å². The Bertz CT molecular complexity index is 930. The number of aromatic nitrogens is 1. The number of hydrogen-bond acceptors (Lipinski definition) is 5. The van der Waals surface area contributed by atoms with E-state index in [1.807, 2.05) is 18.2 Å². The third-order valence-corrected chi connectivity index (χ3v) is 4.80. The molecule has 8 heteroatoms. The zero-order chi connectivity index (χ0) is 18.5. The van der Waals surface area contributed by atoms with Crippen LogP contribution in [0.15, 0.2) is 36.4 Å². The van der Waals surface area contributed by atoms with Gasteiger partial charge in [-0.2, -0.15) is 0 Å². The van der Waals surface area contributed by atoms with E-state index in [9.17, 15) is 4.79 Å². The minimum atomic E-state index is -0.322. The maximum absolute atomic E-state index is 12.1. The average Bonchev–Trinajstić information content (AvgIpc) is 3.00. The second kappa shape index (κ2) is 8.58. The van der Waals surface area contributed by atoms with Crippen LogP contribution in [0, 0.1) is 0 Å². The number of thiazole rings is 1. The summed E-state index contributed by atoms with van der Waals surface area (Å²) in [5, 5.41) is 4.09. The number of amides is 1. The van der Waals surface area contributed by atoms with Gasteiger partial charge in [0.1, 0.15) is 11.5 Å². The molecule has 1 heterocycles. The molecule has 0 unspecified atom stereocenters. The van der Waals surface area contributed by atoms with Gasteiger partial charge in [0.15, 0.2) is 11.7 Å². The van der Waals surface area contributed by atoms with Crippen molar-refractivity contribution in [3.8, 4) is 11.5 Å². The lowest BCUT2D eigenvalue weighted by Gasteiger charge is -2.07. The first-order valence-electron chi connectivity index (χ1n) is 7.96. The highest BCUT2D eigenvalue weighted by molar-refractivity contribution is 7.22. The quantitative estimate of drug-likeness (QED) is 0.565. The van der Waals surface area contributed by atoms with E-state index in [4.69, 9.17) is 32.7 Å². The lowest BCUT2D eigenvalue weighted by molar-refractivity contribution is -0.118. The number of carbonyl (C=O) groups is 1. The van der Waals surface area contributed by atoms with Crippen molar-refractivity contribution >= 4 is 55.8 Å². The standard InChI is InChI=1S/C18H16Cl2N2O3S/c1-2-7-24-12-4-5-14-16(9-12)26-18(21-14)22-17(23)10-25-15-6-3-11(19)8-13(15)20/h3-6,8-9H,2,7,10H2,1H3,(H,21,22,23). The minimum Gasteiger partial charge on any atom is -0.494 e. The SMILES string of the molecule is CCCOc1ccc2nc(NC(=O)COc3ccc(Cl)cc3Cl)sc2c1. The van der Waals surface area contributed by atoms with Crippen LogP contribution in [-0.2, 0) is 4.79 Å².